The molecule has 3 heterocycles. The number of thioether (sulfide) groups is 1. The van der Waals surface area contributed by atoms with Gasteiger partial charge < -0.3 is 19.9 Å². The molecule has 1 aromatic rings. The summed E-state index contributed by atoms with van der Waals surface area (Å²) in [6.45, 7) is 0.656. The fraction of sp³-hybridized carbons (Fsp3) is 0.438. The topological polar surface area (TPSA) is 114 Å². The first-order chi connectivity index (χ1) is 11.6. The average molecular weight is 340 g/mol. The van der Waals surface area contributed by atoms with Gasteiger partial charge >= 0.3 is 0 Å². The van der Waals surface area contributed by atoms with E-state index in [1.807, 2.05) is 12.1 Å². The molecule has 8 heteroatoms. The lowest BCUT2D eigenvalue weighted by Crippen LogP contribution is -2.34. The molecule has 2 fully saturated rings. The van der Waals surface area contributed by atoms with Crippen molar-refractivity contribution in [2.24, 2.45) is 21.6 Å². The van der Waals surface area contributed by atoms with Crippen LogP contribution in [0.2, 0.25) is 0 Å². The van der Waals surface area contributed by atoms with Crippen molar-refractivity contribution in [1.82, 2.24) is 0 Å². The van der Waals surface area contributed by atoms with Crippen LogP contribution in [0.1, 0.15) is 11.5 Å². The number of hydrogen-bond acceptors (Lipinski definition) is 8. The number of nitriles is 2. The number of nitrogens with zero attached hydrogens (tertiary/aromatic N) is 3. The van der Waals surface area contributed by atoms with Crippen LogP contribution in [0.3, 0.4) is 0 Å². The lowest BCUT2D eigenvalue weighted by atomic mass is 9.95. The minimum Gasteiger partial charge on any atom is -0.454 e. The molecule has 4 atom stereocenters. The molecule has 1 spiro atoms. The second-order valence-corrected chi connectivity index (χ2v) is 7.41. The predicted octanol–water partition coefficient (Wildman–Crippen LogP) is 1.32. The second kappa shape index (κ2) is 4.15. The van der Waals surface area contributed by atoms with Crippen LogP contribution in [0.4, 0.5) is 0 Å². The summed E-state index contributed by atoms with van der Waals surface area (Å²) in [5, 5.41) is 18.9. The van der Waals surface area contributed by atoms with Gasteiger partial charge in [-0.05, 0) is 17.7 Å². The Bertz CT molecular complexity index is 882. The first-order valence-electron chi connectivity index (χ1n) is 7.51. The zero-order valence-corrected chi connectivity index (χ0v) is 13.3. The van der Waals surface area contributed by atoms with Gasteiger partial charge in [0, 0.05) is 11.7 Å². The smallest absolute Gasteiger partial charge is 0.231 e. The molecule has 120 valence electrons. The third kappa shape index (κ3) is 1.22. The highest BCUT2D eigenvalue weighted by atomic mass is 32.2. The van der Waals surface area contributed by atoms with Gasteiger partial charge in [0.2, 0.25) is 11.8 Å². The van der Waals surface area contributed by atoms with Crippen molar-refractivity contribution in [3.05, 3.63) is 23.8 Å². The third-order valence-electron chi connectivity index (χ3n) is 5.34. The van der Waals surface area contributed by atoms with Crippen molar-refractivity contribution < 1.29 is 14.2 Å². The molecule has 2 N–H and O–H groups in total. The van der Waals surface area contributed by atoms with E-state index in [1.54, 1.807) is 6.07 Å². The molecule has 24 heavy (non-hydrogen) atoms. The van der Waals surface area contributed by atoms with Crippen LogP contribution in [0.25, 0.3) is 0 Å². The summed E-state index contributed by atoms with van der Waals surface area (Å²) in [5.74, 6) is 1.77. The molecule has 1 saturated carbocycles. The summed E-state index contributed by atoms with van der Waals surface area (Å²) in [6.07, 6.45) is 0. The standard InChI is InChI=1S/C16H12N4O3S/c17-6-14-12(9-1-2-10-11(5-9)22-8-21-10)15(14,7-18)16(20-13(14)19)23-3-4-24-16/h1-2,5,12H,3-4,8H2,(H2,19,20)/t12-,14+,15+,16+/m0/s1. The Morgan fingerprint density at radius 2 is 2.08 bits per heavy atom. The van der Waals surface area contributed by atoms with Crippen LogP contribution in [-0.2, 0) is 4.74 Å². The summed E-state index contributed by atoms with van der Waals surface area (Å²) < 4.78 is 16.6. The highest BCUT2D eigenvalue weighted by molar-refractivity contribution is 8.00. The van der Waals surface area contributed by atoms with E-state index in [9.17, 15) is 10.5 Å². The SMILES string of the molecule is N#C[C@@]12[C@@H](c3ccc4c(c3)OCO4)[C@]1(C#N)C(N)=N[C@@]21OCCS1. The number of hydrogen-bond donors (Lipinski definition) is 1. The van der Waals surface area contributed by atoms with E-state index in [0.29, 0.717) is 18.1 Å². The molecule has 0 amide bonds. The maximum atomic E-state index is 10.1. The number of amidine groups is 1. The summed E-state index contributed by atoms with van der Waals surface area (Å²) in [5.41, 5.74) is 4.69. The van der Waals surface area contributed by atoms with Gasteiger partial charge in [0.15, 0.2) is 16.9 Å². The van der Waals surface area contributed by atoms with E-state index in [1.165, 1.54) is 11.8 Å². The molecular weight excluding hydrogens is 328 g/mol. The van der Waals surface area contributed by atoms with E-state index >= 15 is 0 Å². The minimum atomic E-state index is -1.16. The van der Waals surface area contributed by atoms with Crippen molar-refractivity contribution in [3.8, 4) is 23.6 Å². The molecule has 0 aromatic heterocycles. The van der Waals surface area contributed by atoms with Crippen molar-refractivity contribution in [3.63, 3.8) is 0 Å². The fourth-order valence-corrected chi connectivity index (χ4v) is 5.64. The van der Waals surface area contributed by atoms with Crippen molar-refractivity contribution >= 4 is 17.6 Å². The summed E-state index contributed by atoms with van der Waals surface area (Å²) in [4.78, 5) is 4.42. The lowest BCUT2D eigenvalue weighted by molar-refractivity contribution is 0.0200. The normalized spacial score (nSPS) is 40.8. The third-order valence-corrected chi connectivity index (χ3v) is 6.63. The van der Waals surface area contributed by atoms with Gasteiger partial charge in [-0.1, -0.05) is 17.8 Å². The summed E-state index contributed by atoms with van der Waals surface area (Å²) >= 11 is 1.45. The Hall–Kier alpha value is -2.42. The predicted molar refractivity (Wildman–Crippen MR) is 84.2 cm³/mol. The van der Waals surface area contributed by atoms with Gasteiger partial charge in [-0.2, -0.15) is 10.5 Å². The molecule has 1 saturated heterocycles. The number of benzene rings is 1. The van der Waals surface area contributed by atoms with Crippen molar-refractivity contribution in [2.45, 2.75) is 11.0 Å². The van der Waals surface area contributed by atoms with Crippen LogP contribution in [-0.4, -0.2) is 30.0 Å². The molecular formula is C16H12N4O3S. The Morgan fingerprint density at radius 3 is 2.79 bits per heavy atom. The largest absolute Gasteiger partial charge is 0.454 e. The van der Waals surface area contributed by atoms with Crippen LogP contribution in [0.5, 0.6) is 11.5 Å². The average Bonchev–Trinajstić information content (AvgIpc) is 2.99. The van der Waals surface area contributed by atoms with Gasteiger partial charge in [-0.25, -0.2) is 4.99 Å². The first-order valence-corrected chi connectivity index (χ1v) is 8.49. The maximum Gasteiger partial charge on any atom is 0.231 e. The fourth-order valence-electron chi connectivity index (χ4n) is 4.31. The van der Waals surface area contributed by atoms with E-state index in [2.05, 4.69) is 17.1 Å². The molecule has 0 unspecified atom stereocenters. The second-order valence-electron chi connectivity index (χ2n) is 6.16. The first kappa shape index (κ1) is 14.0. The Labute approximate surface area is 142 Å². The van der Waals surface area contributed by atoms with E-state index in [-0.39, 0.29) is 12.6 Å². The highest BCUT2D eigenvalue weighted by Gasteiger charge is 2.93. The minimum absolute atomic E-state index is 0.169. The van der Waals surface area contributed by atoms with Crippen LogP contribution in [0, 0.1) is 33.5 Å². The molecule has 1 aliphatic carbocycles. The zero-order chi connectivity index (χ0) is 16.6. The summed E-state index contributed by atoms with van der Waals surface area (Å²) in [7, 11) is 0. The van der Waals surface area contributed by atoms with Gasteiger partial charge in [0.1, 0.15) is 11.3 Å². The van der Waals surface area contributed by atoms with E-state index in [4.69, 9.17) is 19.9 Å². The van der Waals surface area contributed by atoms with Crippen LogP contribution in [0.15, 0.2) is 23.2 Å². The number of fused-ring (bicyclic) bond motifs is 3. The number of aliphatic imine (C=N–C) groups is 1. The molecule has 7 nitrogen and oxygen atoms in total. The Morgan fingerprint density at radius 1 is 1.25 bits per heavy atom. The number of nitrogens with two attached hydrogens (primary N) is 1. The molecule has 0 radical (unpaired) electrons. The highest BCUT2D eigenvalue weighted by Crippen LogP contribution is 2.84. The maximum absolute atomic E-state index is 10.1. The number of rotatable bonds is 1. The van der Waals surface area contributed by atoms with Gasteiger partial charge in [0.05, 0.1) is 18.7 Å². The van der Waals surface area contributed by atoms with E-state index in [0.717, 1.165) is 11.3 Å². The quantitative estimate of drug-likeness (QED) is 0.820. The van der Waals surface area contributed by atoms with Crippen LogP contribution < -0.4 is 15.2 Å². The molecule has 3 aliphatic heterocycles. The Balaban J connectivity index is 1.70. The molecule has 5 rings (SSSR count). The van der Waals surface area contributed by atoms with Crippen molar-refractivity contribution in [2.75, 3.05) is 19.2 Å². The monoisotopic (exact) mass is 340 g/mol. The summed E-state index contributed by atoms with van der Waals surface area (Å²) in [6, 6.07) is 10.1. The molecule has 0 bridgehead atoms. The van der Waals surface area contributed by atoms with Gasteiger partial charge in [-0.3, -0.25) is 0 Å². The van der Waals surface area contributed by atoms with Gasteiger partial charge in [-0.15, -0.1) is 0 Å². The Kier molecular flexibility index (Phi) is 2.42. The molecule has 4 aliphatic rings. The van der Waals surface area contributed by atoms with Gasteiger partial charge in [0.25, 0.3) is 0 Å². The van der Waals surface area contributed by atoms with Crippen molar-refractivity contribution in [1.29, 1.82) is 10.5 Å². The zero-order valence-electron chi connectivity index (χ0n) is 12.5. The number of ether oxygens (including phenoxy) is 3. The lowest BCUT2D eigenvalue weighted by Gasteiger charge is -2.26. The molecule has 1 aromatic carbocycles. The van der Waals surface area contributed by atoms with E-state index < -0.39 is 21.8 Å². The van der Waals surface area contributed by atoms with Crippen LogP contribution >= 0.6 is 11.8 Å².